The molecule has 0 aromatic heterocycles. The van der Waals surface area contributed by atoms with E-state index in [-0.39, 0.29) is 6.10 Å². The number of halogens is 1. The number of para-hydroxylation sites is 1. The molecule has 1 unspecified atom stereocenters. The van der Waals surface area contributed by atoms with Crippen molar-refractivity contribution in [2.75, 3.05) is 18.0 Å². The van der Waals surface area contributed by atoms with E-state index in [1.807, 2.05) is 19.1 Å². The number of benzene rings is 1. The van der Waals surface area contributed by atoms with E-state index in [0.717, 1.165) is 18.7 Å². The SMILES string of the molecule is CC(O)c1ccccc1N1CCCCC1.[O-][Cl+3]([O-])([O-])O. The predicted molar refractivity (Wildman–Crippen MR) is 65.4 cm³/mol. The quantitative estimate of drug-likeness (QED) is 0.695. The summed E-state index contributed by atoms with van der Waals surface area (Å²) in [5, 5.41) is 9.71. The van der Waals surface area contributed by atoms with Crippen LogP contribution in [-0.4, -0.2) is 22.9 Å². The van der Waals surface area contributed by atoms with Gasteiger partial charge in [0.1, 0.15) is 0 Å². The molecule has 2 rings (SSSR count). The van der Waals surface area contributed by atoms with E-state index in [1.165, 1.54) is 24.9 Å². The summed E-state index contributed by atoms with van der Waals surface area (Å²) < 4.78 is 32.7. The van der Waals surface area contributed by atoms with Gasteiger partial charge in [0, 0.05) is 24.3 Å². The van der Waals surface area contributed by atoms with E-state index >= 15 is 0 Å². The van der Waals surface area contributed by atoms with Crippen molar-refractivity contribution in [3.63, 3.8) is 0 Å². The highest BCUT2D eigenvalue weighted by Gasteiger charge is 2.15. The summed E-state index contributed by atoms with van der Waals surface area (Å²) in [6, 6.07) is 8.19. The van der Waals surface area contributed by atoms with Crippen LogP contribution < -0.4 is 18.9 Å². The molecule has 0 amide bonds. The Labute approximate surface area is 120 Å². The molecule has 1 aliphatic heterocycles. The number of piperidine rings is 1. The Balaban J connectivity index is 0.000000347. The number of aliphatic hydroxyl groups is 1. The number of hydrogen-bond acceptors (Lipinski definition) is 6. The molecule has 0 aliphatic carbocycles. The van der Waals surface area contributed by atoms with Crippen molar-refractivity contribution in [1.82, 2.24) is 0 Å². The molecule has 0 radical (unpaired) electrons. The predicted octanol–water partition coefficient (Wildman–Crippen LogP) is -1.39. The second kappa shape index (κ2) is 7.78. The van der Waals surface area contributed by atoms with Gasteiger partial charge in [-0.2, -0.15) is 14.0 Å². The minimum absolute atomic E-state index is 0.372. The highest BCUT2D eigenvalue weighted by atomic mass is 35.7. The van der Waals surface area contributed by atoms with Crippen molar-refractivity contribution in [2.45, 2.75) is 32.3 Å². The van der Waals surface area contributed by atoms with Gasteiger partial charge in [0.05, 0.1) is 21.0 Å². The molecule has 1 aromatic carbocycles. The van der Waals surface area contributed by atoms with Crippen molar-refractivity contribution in [3.05, 3.63) is 29.8 Å². The van der Waals surface area contributed by atoms with Crippen molar-refractivity contribution in [3.8, 4) is 0 Å². The summed E-state index contributed by atoms with van der Waals surface area (Å²) in [7, 11) is -4.69. The second-order valence-electron chi connectivity index (χ2n) is 4.68. The third-order valence-corrected chi connectivity index (χ3v) is 3.08. The number of anilines is 1. The molecule has 6 nitrogen and oxygen atoms in total. The number of nitrogens with zero attached hydrogens (tertiary/aromatic N) is 1. The first-order valence-corrected chi connectivity index (χ1v) is 7.70. The van der Waals surface area contributed by atoms with Crippen molar-refractivity contribution in [2.24, 2.45) is 0 Å². The van der Waals surface area contributed by atoms with Gasteiger partial charge in [-0.3, -0.25) is 0 Å². The maximum Gasteiger partial charge on any atom is 0.0781 e. The molecule has 1 atom stereocenters. The lowest BCUT2D eigenvalue weighted by Crippen LogP contribution is -2.58. The molecule has 1 fully saturated rings. The fourth-order valence-corrected chi connectivity index (χ4v) is 2.26. The minimum Gasteiger partial charge on any atom is -0.389 e. The van der Waals surface area contributed by atoms with Gasteiger partial charge in [0.2, 0.25) is 0 Å². The molecule has 0 spiro atoms. The summed E-state index contributed by atoms with van der Waals surface area (Å²) in [6.45, 7) is 4.09. The summed E-state index contributed by atoms with van der Waals surface area (Å²) in [4.78, 5) is 2.39. The molecule has 1 aliphatic rings. The van der Waals surface area contributed by atoms with E-state index in [4.69, 9.17) is 18.6 Å². The fourth-order valence-electron chi connectivity index (χ4n) is 2.26. The highest BCUT2D eigenvalue weighted by molar-refractivity contribution is 5.54. The monoisotopic (exact) mass is 305 g/mol. The minimum atomic E-state index is -4.69. The molecular formula is C13H20ClNO5. The van der Waals surface area contributed by atoms with E-state index in [0.29, 0.717) is 0 Å². The average molecular weight is 306 g/mol. The summed E-state index contributed by atoms with van der Waals surface area (Å²) in [5.74, 6) is 0. The largest absolute Gasteiger partial charge is 0.389 e. The van der Waals surface area contributed by atoms with Gasteiger partial charge in [-0.1, -0.05) is 18.2 Å². The smallest absolute Gasteiger partial charge is 0.0781 e. The van der Waals surface area contributed by atoms with E-state index in [2.05, 4.69) is 17.0 Å². The standard InChI is InChI=1S/C13H19NO.ClHO4/c1-11(15)12-7-3-4-8-13(12)14-9-5-2-6-10-14;2-1(3,4)5/h3-4,7-8,11,15H,2,5-6,9-10H2,1H3;(H,2,3,4,5). The lowest BCUT2D eigenvalue weighted by Gasteiger charge is -2.31. The number of hydrogen-bond donors (Lipinski definition) is 2. The third kappa shape index (κ3) is 6.51. The van der Waals surface area contributed by atoms with Gasteiger partial charge in [-0.05, 0) is 32.3 Å². The fraction of sp³-hybridized carbons (Fsp3) is 0.538. The van der Waals surface area contributed by atoms with Gasteiger partial charge in [0.15, 0.2) is 0 Å². The molecule has 0 bridgehead atoms. The lowest BCUT2D eigenvalue weighted by molar-refractivity contribution is -1.92. The zero-order chi connectivity index (χ0) is 15.2. The highest BCUT2D eigenvalue weighted by Crippen LogP contribution is 2.28. The summed E-state index contributed by atoms with van der Waals surface area (Å²) in [6.07, 6.45) is 3.51. The van der Waals surface area contributed by atoms with Crippen molar-refractivity contribution >= 4 is 5.69 Å². The van der Waals surface area contributed by atoms with Gasteiger partial charge >= 0.3 is 0 Å². The zero-order valence-electron chi connectivity index (χ0n) is 11.4. The van der Waals surface area contributed by atoms with Crippen LogP contribution in [0, 0.1) is 10.2 Å². The Morgan fingerprint density at radius 3 is 2.10 bits per heavy atom. The molecule has 1 heterocycles. The molecule has 1 saturated heterocycles. The first-order valence-electron chi connectivity index (χ1n) is 6.44. The van der Waals surface area contributed by atoms with Gasteiger partial charge in [-0.15, -0.1) is 0 Å². The molecular weight excluding hydrogens is 286 g/mol. The van der Waals surface area contributed by atoms with Gasteiger partial charge < -0.3 is 10.0 Å². The third-order valence-electron chi connectivity index (χ3n) is 3.08. The maximum absolute atomic E-state index is 9.71. The normalized spacial score (nSPS) is 17.2. The van der Waals surface area contributed by atoms with E-state index in [9.17, 15) is 5.11 Å². The van der Waals surface area contributed by atoms with E-state index < -0.39 is 10.2 Å². The topological polar surface area (TPSA) is 113 Å². The molecule has 0 saturated carbocycles. The lowest BCUT2D eigenvalue weighted by atomic mass is 10.0. The number of rotatable bonds is 2. The van der Waals surface area contributed by atoms with E-state index in [1.54, 1.807) is 0 Å². The summed E-state index contributed by atoms with van der Waals surface area (Å²) >= 11 is 0. The average Bonchev–Trinajstić information content (AvgIpc) is 2.38. The number of aliphatic hydroxyl groups excluding tert-OH is 1. The maximum atomic E-state index is 9.71. The first kappa shape index (κ1) is 17.2. The Morgan fingerprint density at radius 2 is 1.60 bits per heavy atom. The Bertz CT molecular complexity index is 396. The van der Waals surface area contributed by atoms with Crippen LogP contribution in [-0.2, 0) is 0 Å². The zero-order valence-corrected chi connectivity index (χ0v) is 12.1. The van der Waals surface area contributed by atoms with Gasteiger partial charge in [0.25, 0.3) is 0 Å². The molecule has 20 heavy (non-hydrogen) atoms. The Kier molecular flexibility index (Phi) is 6.67. The van der Waals surface area contributed by atoms with Crippen LogP contribution in [0.1, 0.15) is 37.9 Å². The second-order valence-corrected chi connectivity index (χ2v) is 5.47. The summed E-state index contributed by atoms with van der Waals surface area (Å²) in [5.41, 5.74) is 2.27. The molecule has 2 N–H and O–H groups in total. The molecule has 1 aromatic rings. The van der Waals surface area contributed by atoms with Gasteiger partial charge in [-0.25, -0.2) is 0 Å². The van der Waals surface area contributed by atoms with Crippen LogP contribution in [0.25, 0.3) is 0 Å². The van der Waals surface area contributed by atoms with Crippen molar-refractivity contribution in [1.29, 1.82) is 0 Å². The van der Waals surface area contributed by atoms with Crippen molar-refractivity contribution < 1.29 is 34.0 Å². The van der Waals surface area contributed by atoms with Crippen LogP contribution in [0.4, 0.5) is 5.69 Å². The van der Waals surface area contributed by atoms with Crippen LogP contribution in [0.5, 0.6) is 0 Å². The van der Waals surface area contributed by atoms with Crippen LogP contribution in [0.2, 0.25) is 0 Å². The molecule has 7 heteroatoms. The first-order chi connectivity index (χ1) is 9.29. The van der Waals surface area contributed by atoms with Crippen LogP contribution >= 0.6 is 0 Å². The Morgan fingerprint density at radius 1 is 1.10 bits per heavy atom. The molecule has 114 valence electrons. The van der Waals surface area contributed by atoms with Crippen LogP contribution in [0.15, 0.2) is 24.3 Å². The van der Waals surface area contributed by atoms with Crippen LogP contribution in [0.3, 0.4) is 0 Å². The Hall–Kier alpha value is -0.890.